The van der Waals surface area contributed by atoms with Gasteiger partial charge in [-0.25, -0.2) is 4.98 Å². The van der Waals surface area contributed by atoms with Crippen LogP contribution in [0.25, 0.3) is 0 Å². The molecule has 0 aliphatic rings. The summed E-state index contributed by atoms with van der Waals surface area (Å²) in [5, 5.41) is 0. The molecule has 3 nitrogen and oxygen atoms in total. The Morgan fingerprint density at radius 1 is 1.54 bits per heavy atom. The van der Waals surface area contributed by atoms with Crippen LogP contribution in [0.15, 0.2) is 11.1 Å². The maximum atomic E-state index is 13.1. The third-order valence-corrected chi connectivity index (χ3v) is 1.57. The Morgan fingerprint density at radius 3 is 2.69 bits per heavy atom. The molecule has 0 aliphatic heterocycles. The highest BCUT2D eigenvalue weighted by atomic mass is 19.1. The van der Waals surface area contributed by atoms with Gasteiger partial charge in [0, 0.05) is 0 Å². The lowest BCUT2D eigenvalue weighted by Crippen LogP contribution is -2.19. The summed E-state index contributed by atoms with van der Waals surface area (Å²) in [6, 6.07) is 0. The van der Waals surface area contributed by atoms with Crippen molar-refractivity contribution in [3.63, 3.8) is 0 Å². The molecule has 0 bridgehead atoms. The van der Waals surface area contributed by atoms with E-state index in [4.69, 9.17) is 0 Å². The summed E-state index contributed by atoms with van der Waals surface area (Å²) < 4.78 is 13.1. The van der Waals surface area contributed by atoms with Crippen molar-refractivity contribution < 1.29 is 4.39 Å². The van der Waals surface area contributed by atoms with Gasteiger partial charge in [-0.15, -0.1) is 0 Å². The Bertz CT molecular complexity index is 351. The lowest BCUT2D eigenvalue weighted by atomic mass is 9.90. The Hall–Kier alpha value is -1.19. The van der Waals surface area contributed by atoms with Gasteiger partial charge in [0.05, 0.1) is 12.0 Å². The van der Waals surface area contributed by atoms with Gasteiger partial charge < -0.3 is 4.98 Å². The van der Waals surface area contributed by atoms with Gasteiger partial charge >= 0.3 is 0 Å². The Labute approximate surface area is 76.0 Å². The topological polar surface area (TPSA) is 45.8 Å². The third-order valence-electron chi connectivity index (χ3n) is 1.57. The molecule has 1 heterocycles. The quantitative estimate of drug-likeness (QED) is 0.718. The second-order valence-corrected chi connectivity index (χ2v) is 4.23. The van der Waals surface area contributed by atoms with E-state index >= 15 is 0 Å². The third kappa shape index (κ3) is 2.65. The van der Waals surface area contributed by atoms with E-state index in [-0.39, 0.29) is 11.1 Å². The molecule has 72 valence electrons. The molecule has 1 rings (SSSR count). The second-order valence-electron chi connectivity index (χ2n) is 4.23. The molecule has 13 heavy (non-hydrogen) atoms. The van der Waals surface area contributed by atoms with Crippen molar-refractivity contribution in [3.8, 4) is 0 Å². The smallest absolute Gasteiger partial charge is 0.287 e. The van der Waals surface area contributed by atoms with E-state index in [1.54, 1.807) is 0 Å². The first-order chi connectivity index (χ1) is 5.90. The van der Waals surface area contributed by atoms with Crippen LogP contribution in [-0.2, 0) is 6.42 Å². The second kappa shape index (κ2) is 3.28. The van der Waals surface area contributed by atoms with E-state index in [2.05, 4.69) is 9.97 Å². The molecule has 0 radical (unpaired) electrons. The van der Waals surface area contributed by atoms with Crippen molar-refractivity contribution in [2.75, 3.05) is 0 Å². The summed E-state index contributed by atoms with van der Waals surface area (Å²) in [6.07, 6.45) is 1.69. The lowest BCUT2D eigenvalue weighted by Gasteiger charge is -2.16. The van der Waals surface area contributed by atoms with Gasteiger partial charge in [0.25, 0.3) is 5.56 Å². The van der Waals surface area contributed by atoms with Crippen molar-refractivity contribution >= 4 is 0 Å². The zero-order valence-electron chi connectivity index (χ0n) is 8.02. The largest absolute Gasteiger partial charge is 0.311 e. The minimum Gasteiger partial charge on any atom is -0.311 e. The molecular formula is C9H13FN2O. The van der Waals surface area contributed by atoms with Crippen LogP contribution in [0.5, 0.6) is 0 Å². The number of nitrogens with zero attached hydrogens (tertiary/aromatic N) is 1. The Morgan fingerprint density at radius 2 is 2.15 bits per heavy atom. The van der Waals surface area contributed by atoms with Crippen molar-refractivity contribution in [1.29, 1.82) is 0 Å². The first kappa shape index (κ1) is 9.89. The van der Waals surface area contributed by atoms with Crippen molar-refractivity contribution in [3.05, 3.63) is 28.2 Å². The van der Waals surface area contributed by atoms with E-state index in [1.165, 1.54) is 6.33 Å². The fourth-order valence-electron chi connectivity index (χ4n) is 1.05. The van der Waals surface area contributed by atoms with Gasteiger partial charge in [-0.2, -0.15) is 4.39 Å². The number of hydrogen-bond acceptors (Lipinski definition) is 2. The van der Waals surface area contributed by atoms with Gasteiger partial charge in [-0.1, -0.05) is 20.8 Å². The van der Waals surface area contributed by atoms with Crippen LogP contribution in [-0.4, -0.2) is 9.97 Å². The van der Waals surface area contributed by atoms with Crippen molar-refractivity contribution in [2.24, 2.45) is 5.41 Å². The molecule has 1 aromatic rings. The van der Waals surface area contributed by atoms with Crippen LogP contribution >= 0.6 is 0 Å². The first-order valence-corrected chi connectivity index (χ1v) is 4.12. The zero-order valence-corrected chi connectivity index (χ0v) is 8.02. The van der Waals surface area contributed by atoms with Gasteiger partial charge in [0.15, 0.2) is 0 Å². The highest BCUT2D eigenvalue weighted by molar-refractivity contribution is 5.04. The molecular weight excluding hydrogens is 171 g/mol. The van der Waals surface area contributed by atoms with Gasteiger partial charge in [-0.05, 0) is 11.8 Å². The minimum atomic E-state index is -0.766. The molecule has 1 aromatic heterocycles. The van der Waals surface area contributed by atoms with Crippen LogP contribution in [0, 0.1) is 11.2 Å². The predicted molar refractivity (Wildman–Crippen MR) is 48.0 cm³/mol. The molecule has 4 heteroatoms. The van der Waals surface area contributed by atoms with Crippen molar-refractivity contribution in [1.82, 2.24) is 9.97 Å². The molecule has 0 fully saturated rings. The molecule has 0 amide bonds. The minimum absolute atomic E-state index is 0.0678. The molecule has 1 N–H and O–H groups in total. The van der Waals surface area contributed by atoms with E-state index in [0.717, 1.165) is 0 Å². The molecule has 0 spiro atoms. The Balaban J connectivity index is 3.03. The number of rotatable bonds is 1. The summed E-state index contributed by atoms with van der Waals surface area (Å²) in [7, 11) is 0. The van der Waals surface area contributed by atoms with Crippen LogP contribution in [0.1, 0.15) is 26.5 Å². The fraction of sp³-hybridized carbons (Fsp3) is 0.556. The van der Waals surface area contributed by atoms with Gasteiger partial charge in [-0.3, -0.25) is 4.79 Å². The lowest BCUT2D eigenvalue weighted by molar-refractivity contribution is 0.393. The molecule has 0 saturated heterocycles. The zero-order chi connectivity index (χ0) is 10.1. The van der Waals surface area contributed by atoms with E-state index in [0.29, 0.717) is 6.42 Å². The number of H-pyrrole nitrogens is 1. The highest BCUT2D eigenvalue weighted by Crippen LogP contribution is 2.19. The van der Waals surface area contributed by atoms with Crippen molar-refractivity contribution in [2.45, 2.75) is 27.2 Å². The molecule has 0 saturated carbocycles. The monoisotopic (exact) mass is 184 g/mol. The number of nitrogens with one attached hydrogen (secondary N) is 1. The van der Waals surface area contributed by atoms with Crippen LogP contribution in [0.3, 0.4) is 0 Å². The van der Waals surface area contributed by atoms with Crippen LogP contribution in [0.2, 0.25) is 0 Å². The summed E-state index contributed by atoms with van der Waals surface area (Å²) >= 11 is 0. The first-order valence-electron chi connectivity index (χ1n) is 4.12. The average molecular weight is 184 g/mol. The summed E-state index contributed by atoms with van der Waals surface area (Å²) in [5.41, 5.74) is -0.535. The van der Waals surface area contributed by atoms with Crippen LogP contribution in [0.4, 0.5) is 4.39 Å². The molecule has 0 atom stereocenters. The summed E-state index contributed by atoms with van der Waals surface area (Å²) in [4.78, 5) is 16.8. The van der Waals surface area contributed by atoms with Gasteiger partial charge in [0.1, 0.15) is 0 Å². The summed E-state index contributed by atoms with van der Waals surface area (Å²) in [6.45, 7) is 5.90. The fourth-order valence-corrected chi connectivity index (χ4v) is 1.05. The van der Waals surface area contributed by atoms with E-state index < -0.39 is 11.4 Å². The molecule has 0 aromatic carbocycles. The number of aromatic amines is 1. The normalized spacial score (nSPS) is 11.7. The maximum Gasteiger partial charge on any atom is 0.287 e. The molecule has 0 aliphatic carbocycles. The van der Waals surface area contributed by atoms with E-state index in [9.17, 15) is 9.18 Å². The van der Waals surface area contributed by atoms with Crippen LogP contribution < -0.4 is 5.56 Å². The number of hydrogen-bond donors (Lipinski definition) is 1. The highest BCUT2D eigenvalue weighted by Gasteiger charge is 2.16. The maximum absolute atomic E-state index is 13.1. The Kier molecular flexibility index (Phi) is 2.50. The SMILES string of the molecule is CC(C)(C)Cc1nc[nH]c(=O)c1F. The van der Waals surface area contributed by atoms with E-state index in [1.807, 2.05) is 20.8 Å². The average Bonchev–Trinajstić information content (AvgIpc) is 1.96. The number of halogens is 1. The molecule has 0 unspecified atom stereocenters. The summed E-state index contributed by atoms with van der Waals surface area (Å²) in [5.74, 6) is -0.766. The number of aromatic nitrogens is 2. The standard InChI is InChI=1S/C9H13FN2O/c1-9(2,3)4-6-7(10)8(13)12-5-11-6/h5H,4H2,1-3H3,(H,11,12,13). The van der Waals surface area contributed by atoms with Gasteiger partial charge in [0.2, 0.25) is 5.82 Å². The predicted octanol–water partition coefficient (Wildman–Crippen LogP) is 1.50.